The highest BCUT2D eigenvalue weighted by Crippen LogP contribution is 2.36. The lowest BCUT2D eigenvalue weighted by Crippen LogP contribution is -2.25. The van der Waals surface area contributed by atoms with Crippen molar-refractivity contribution in [1.29, 1.82) is 0 Å². The smallest absolute Gasteiger partial charge is 0.181 e. The predicted molar refractivity (Wildman–Crippen MR) is 112 cm³/mol. The molecule has 1 unspecified atom stereocenters. The van der Waals surface area contributed by atoms with Crippen LogP contribution in [0.5, 0.6) is 0 Å². The van der Waals surface area contributed by atoms with Gasteiger partial charge in [-0.3, -0.25) is 9.48 Å². The zero-order valence-corrected chi connectivity index (χ0v) is 18.3. The Kier molecular flexibility index (Phi) is 5.67. The molecular formula is C21H27N3O4S. The maximum absolute atomic E-state index is 12.5. The summed E-state index contributed by atoms with van der Waals surface area (Å²) in [6.07, 6.45) is 2.34. The molecule has 0 bridgehead atoms. The molecule has 1 aromatic heterocycles. The molecule has 1 aliphatic heterocycles. The van der Waals surface area contributed by atoms with Crippen LogP contribution in [-0.2, 0) is 27.3 Å². The second-order valence-electron chi connectivity index (χ2n) is 8.02. The number of nitrogens with zero attached hydrogens (tertiary/aromatic N) is 3. The van der Waals surface area contributed by atoms with E-state index < -0.39 is 15.4 Å². The van der Waals surface area contributed by atoms with Crippen LogP contribution in [0.15, 0.2) is 29.4 Å². The van der Waals surface area contributed by atoms with Crippen LogP contribution >= 0.6 is 0 Å². The summed E-state index contributed by atoms with van der Waals surface area (Å²) in [7, 11) is -1.16. The molecule has 0 spiro atoms. The molecule has 1 aromatic carbocycles. The molecule has 156 valence electrons. The number of oxime groups is 1. The molecule has 0 saturated carbocycles. The number of hydrogen-bond donors (Lipinski definition) is 0. The van der Waals surface area contributed by atoms with Crippen LogP contribution in [-0.4, -0.2) is 41.7 Å². The fourth-order valence-corrected chi connectivity index (χ4v) is 4.39. The maximum Gasteiger partial charge on any atom is 0.181 e. The van der Waals surface area contributed by atoms with Crippen molar-refractivity contribution in [2.45, 2.75) is 45.6 Å². The van der Waals surface area contributed by atoms with Gasteiger partial charge in [-0.1, -0.05) is 17.3 Å². The highest BCUT2D eigenvalue weighted by molar-refractivity contribution is 7.90. The Morgan fingerprint density at radius 3 is 2.59 bits per heavy atom. The van der Waals surface area contributed by atoms with Crippen molar-refractivity contribution in [3.63, 3.8) is 0 Å². The molecule has 0 N–H and O–H groups in total. The van der Waals surface area contributed by atoms with Crippen LogP contribution in [0, 0.1) is 13.8 Å². The SMILES string of the molecule is Cc1cc(C2(C)CC(c3ccc(C(=O)CCCS(C)(=O)=O)c(C)c3)=NO2)n(C)n1. The number of rotatable bonds is 7. The lowest BCUT2D eigenvalue weighted by Gasteiger charge is -2.21. The summed E-state index contributed by atoms with van der Waals surface area (Å²) < 4.78 is 24.3. The zero-order valence-electron chi connectivity index (χ0n) is 17.5. The summed E-state index contributed by atoms with van der Waals surface area (Å²) in [6.45, 7) is 5.82. The van der Waals surface area contributed by atoms with Crippen molar-refractivity contribution < 1.29 is 18.0 Å². The first-order chi connectivity index (χ1) is 13.5. The fraction of sp³-hybridized carbons (Fsp3) is 0.476. The van der Waals surface area contributed by atoms with Gasteiger partial charge in [-0.2, -0.15) is 5.10 Å². The number of aryl methyl sites for hydroxylation is 3. The number of benzene rings is 1. The molecule has 2 heterocycles. The molecule has 1 atom stereocenters. The Balaban J connectivity index is 1.72. The van der Waals surface area contributed by atoms with Crippen LogP contribution in [0.3, 0.4) is 0 Å². The summed E-state index contributed by atoms with van der Waals surface area (Å²) in [5.41, 5.74) is 4.51. The molecular weight excluding hydrogens is 390 g/mol. The van der Waals surface area contributed by atoms with Gasteiger partial charge in [-0.05, 0) is 50.5 Å². The Morgan fingerprint density at radius 2 is 2.00 bits per heavy atom. The third-order valence-corrected chi connectivity index (χ3v) is 6.22. The highest BCUT2D eigenvalue weighted by Gasteiger charge is 2.39. The second kappa shape index (κ2) is 7.74. The first-order valence-electron chi connectivity index (χ1n) is 9.57. The molecule has 0 radical (unpaired) electrons. The summed E-state index contributed by atoms with van der Waals surface area (Å²) in [5.74, 6) is -0.0201. The minimum absolute atomic E-state index is 0.0239. The van der Waals surface area contributed by atoms with Crippen LogP contribution in [0.1, 0.15) is 59.1 Å². The van der Waals surface area contributed by atoms with Crippen molar-refractivity contribution in [3.05, 3.63) is 52.3 Å². The predicted octanol–water partition coefficient (Wildman–Crippen LogP) is 3.08. The van der Waals surface area contributed by atoms with Gasteiger partial charge >= 0.3 is 0 Å². The van der Waals surface area contributed by atoms with Crippen molar-refractivity contribution in [1.82, 2.24) is 9.78 Å². The van der Waals surface area contributed by atoms with Crippen molar-refractivity contribution in [2.24, 2.45) is 12.2 Å². The zero-order chi connectivity index (χ0) is 21.4. The number of hydrogen-bond acceptors (Lipinski definition) is 6. The van der Waals surface area contributed by atoms with Gasteiger partial charge in [-0.15, -0.1) is 0 Å². The van der Waals surface area contributed by atoms with E-state index in [0.29, 0.717) is 18.4 Å². The monoisotopic (exact) mass is 417 g/mol. The Morgan fingerprint density at radius 1 is 1.28 bits per heavy atom. The van der Waals surface area contributed by atoms with E-state index in [1.165, 1.54) is 6.26 Å². The minimum Gasteiger partial charge on any atom is -0.382 e. The molecule has 1 aliphatic rings. The number of ketones is 1. The van der Waals surface area contributed by atoms with Crippen molar-refractivity contribution >= 4 is 21.3 Å². The van der Waals surface area contributed by atoms with Gasteiger partial charge in [0.25, 0.3) is 0 Å². The number of carbonyl (C=O) groups excluding carboxylic acids is 1. The van der Waals surface area contributed by atoms with Crippen LogP contribution in [0.2, 0.25) is 0 Å². The summed E-state index contributed by atoms with van der Waals surface area (Å²) >= 11 is 0. The van der Waals surface area contributed by atoms with Gasteiger partial charge in [-0.25, -0.2) is 8.42 Å². The second-order valence-corrected chi connectivity index (χ2v) is 10.3. The first-order valence-corrected chi connectivity index (χ1v) is 11.6. The third-order valence-electron chi connectivity index (χ3n) is 5.18. The Hall–Kier alpha value is -2.48. The molecule has 0 amide bonds. The molecule has 0 saturated heterocycles. The molecule has 3 rings (SSSR count). The van der Waals surface area contributed by atoms with Crippen molar-refractivity contribution in [2.75, 3.05) is 12.0 Å². The van der Waals surface area contributed by atoms with Gasteiger partial charge in [0.05, 0.1) is 22.9 Å². The molecule has 0 aliphatic carbocycles. The summed E-state index contributed by atoms with van der Waals surface area (Å²) in [4.78, 5) is 18.2. The molecule has 29 heavy (non-hydrogen) atoms. The van der Waals surface area contributed by atoms with E-state index in [0.717, 1.165) is 28.2 Å². The minimum atomic E-state index is -3.05. The number of carbonyl (C=O) groups is 1. The average Bonchev–Trinajstić information content (AvgIpc) is 3.17. The molecule has 2 aromatic rings. The van der Waals surface area contributed by atoms with E-state index >= 15 is 0 Å². The lowest BCUT2D eigenvalue weighted by molar-refractivity contribution is -0.0135. The van der Waals surface area contributed by atoms with E-state index in [9.17, 15) is 13.2 Å². The van der Waals surface area contributed by atoms with Gasteiger partial charge in [0.1, 0.15) is 9.84 Å². The Bertz CT molecular complexity index is 1090. The van der Waals surface area contributed by atoms with Gasteiger partial charge in [0.2, 0.25) is 0 Å². The van der Waals surface area contributed by atoms with E-state index in [1.54, 1.807) is 6.07 Å². The van der Waals surface area contributed by atoms with E-state index in [4.69, 9.17) is 4.84 Å². The largest absolute Gasteiger partial charge is 0.382 e. The quantitative estimate of drug-likeness (QED) is 0.646. The van der Waals surface area contributed by atoms with Crippen molar-refractivity contribution in [3.8, 4) is 0 Å². The van der Waals surface area contributed by atoms with Crippen LogP contribution < -0.4 is 0 Å². The van der Waals surface area contributed by atoms with Gasteiger partial charge < -0.3 is 4.84 Å². The fourth-order valence-electron chi connectivity index (χ4n) is 3.72. The topological polar surface area (TPSA) is 90.6 Å². The average molecular weight is 418 g/mol. The normalized spacial score (nSPS) is 19.1. The van der Waals surface area contributed by atoms with Crippen LogP contribution in [0.25, 0.3) is 0 Å². The number of aromatic nitrogens is 2. The van der Waals surface area contributed by atoms with E-state index in [-0.39, 0.29) is 18.0 Å². The molecule has 7 nitrogen and oxygen atoms in total. The van der Waals surface area contributed by atoms with E-state index in [1.807, 2.05) is 50.7 Å². The maximum atomic E-state index is 12.5. The molecule has 8 heteroatoms. The van der Waals surface area contributed by atoms with Gasteiger partial charge in [0, 0.05) is 31.7 Å². The van der Waals surface area contributed by atoms with Gasteiger partial charge in [0.15, 0.2) is 11.4 Å². The summed E-state index contributed by atoms with van der Waals surface area (Å²) in [6, 6.07) is 7.60. The number of sulfone groups is 1. The van der Waals surface area contributed by atoms with E-state index in [2.05, 4.69) is 10.3 Å². The highest BCUT2D eigenvalue weighted by atomic mass is 32.2. The Labute approximate surface area is 171 Å². The standard InChI is InChI=1S/C21H27N3O4S/c1-14-11-16(8-9-17(14)19(25)7-6-10-29(5,26)27)18-13-21(3,28-23-18)20-12-15(2)22-24(20)4/h8-9,11-12H,6-7,10,13H2,1-5H3. The molecule has 0 fully saturated rings. The summed E-state index contributed by atoms with van der Waals surface area (Å²) in [5, 5.41) is 8.70. The van der Waals surface area contributed by atoms with Crippen LogP contribution in [0.4, 0.5) is 0 Å². The lowest BCUT2D eigenvalue weighted by atomic mass is 9.91. The third kappa shape index (κ3) is 4.75. The number of Topliss-reactive ketones (excluding diaryl/α,β-unsaturated/α-hetero) is 1. The first kappa shape index (κ1) is 21.2.